The first-order valence-corrected chi connectivity index (χ1v) is 5.70. The molecule has 2 rings (SSSR count). The number of hydrogen-bond donors (Lipinski definition) is 2. The predicted molar refractivity (Wildman–Crippen MR) is 56.3 cm³/mol. The van der Waals surface area contributed by atoms with Gasteiger partial charge in [-0.2, -0.15) is 0 Å². The summed E-state index contributed by atoms with van der Waals surface area (Å²) in [6.07, 6.45) is 2.94. The van der Waals surface area contributed by atoms with E-state index in [1.54, 1.807) is 0 Å². The Hall–Kier alpha value is -0.160. The van der Waals surface area contributed by atoms with Crippen LogP contribution in [0.5, 0.6) is 0 Å². The van der Waals surface area contributed by atoms with E-state index in [0.29, 0.717) is 6.10 Å². The van der Waals surface area contributed by atoms with Crippen LogP contribution in [0.25, 0.3) is 0 Å². The van der Waals surface area contributed by atoms with Crippen LogP contribution in [-0.2, 0) is 4.74 Å². The Morgan fingerprint density at radius 1 is 1.36 bits per heavy atom. The number of hydrogen-bond acceptors (Lipinski definition) is 4. The lowest BCUT2D eigenvalue weighted by atomic mass is 10.2. The Morgan fingerprint density at radius 2 is 2.21 bits per heavy atom. The summed E-state index contributed by atoms with van der Waals surface area (Å²) in [5.41, 5.74) is 0. The molecule has 1 unspecified atom stereocenters. The van der Waals surface area contributed by atoms with Crippen molar-refractivity contribution in [3.8, 4) is 0 Å². The molecule has 0 aromatic heterocycles. The van der Waals surface area contributed by atoms with Crippen LogP contribution >= 0.6 is 0 Å². The summed E-state index contributed by atoms with van der Waals surface area (Å²) in [7, 11) is 0. The van der Waals surface area contributed by atoms with E-state index in [9.17, 15) is 0 Å². The Kier molecular flexibility index (Phi) is 4.19. The van der Waals surface area contributed by atoms with Gasteiger partial charge in [-0.05, 0) is 12.8 Å². The minimum atomic E-state index is 0.470. The lowest BCUT2D eigenvalue weighted by Gasteiger charge is -2.27. The molecule has 2 aliphatic rings. The molecule has 0 spiro atoms. The third-order valence-electron chi connectivity index (χ3n) is 2.94. The Morgan fingerprint density at radius 3 is 2.93 bits per heavy atom. The summed E-state index contributed by atoms with van der Waals surface area (Å²) in [4.78, 5) is 2.45. The van der Waals surface area contributed by atoms with Crippen LogP contribution in [0.15, 0.2) is 0 Å². The molecule has 0 radical (unpaired) electrons. The normalized spacial score (nSPS) is 29.6. The lowest BCUT2D eigenvalue weighted by Crippen LogP contribution is -2.48. The lowest BCUT2D eigenvalue weighted by molar-refractivity contribution is 0.103. The van der Waals surface area contributed by atoms with E-state index < -0.39 is 0 Å². The van der Waals surface area contributed by atoms with Crippen molar-refractivity contribution in [3.05, 3.63) is 0 Å². The van der Waals surface area contributed by atoms with Gasteiger partial charge in [0.05, 0.1) is 6.10 Å². The second-order valence-corrected chi connectivity index (χ2v) is 4.12. The number of piperazine rings is 1. The van der Waals surface area contributed by atoms with Gasteiger partial charge in [-0.25, -0.2) is 0 Å². The fraction of sp³-hybridized carbons (Fsp3) is 1.00. The van der Waals surface area contributed by atoms with Gasteiger partial charge in [0.2, 0.25) is 0 Å². The molecule has 2 heterocycles. The zero-order valence-corrected chi connectivity index (χ0v) is 8.80. The molecule has 2 aliphatic heterocycles. The average molecular weight is 199 g/mol. The van der Waals surface area contributed by atoms with E-state index in [2.05, 4.69) is 15.5 Å². The summed E-state index contributed by atoms with van der Waals surface area (Å²) in [6.45, 7) is 7.58. The highest BCUT2D eigenvalue weighted by Gasteiger charge is 2.15. The molecule has 0 aromatic rings. The summed E-state index contributed by atoms with van der Waals surface area (Å²) < 4.78 is 5.55. The molecule has 2 fully saturated rings. The quantitative estimate of drug-likeness (QED) is 0.647. The minimum absolute atomic E-state index is 0.470. The van der Waals surface area contributed by atoms with Crippen LogP contribution in [0, 0.1) is 0 Å². The molecule has 14 heavy (non-hydrogen) atoms. The van der Waals surface area contributed by atoms with E-state index in [-0.39, 0.29) is 0 Å². The molecule has 82 valence electrons. The number of ether oxygens (including phenoxy) is 1. The standard InChI is InChI=1S/C10H21N3O/c1-2-10(14-7-1)8-12-9-13-5-3-11-4-6-13/h10-12H,1-9H2. The molecule has 4 heteroatoms. The van der Waals surface area contributed by atoms with Gasteiger partial charge in [0, 0.05) is 46.0 Å². The van der Waals surface area contributed by atoms with Crippen LogP contribution in [0.3, 0.4) is 0 Å². The van der Waals surface area contributed by atoms with E-state index in [4.69, 9.17) is 4.74 Å². The number of nitrogens with zero attached hydrogens (tertiary/aromatic N) is 1. The molecular weight excluding hydrogens is 178 g/mol. The van der Waals surface area contributed by atoms with Crippen molar-refractivity contribution in [2.75, 3.05) is 46.0 Å². The summed E-state index contributed by atoms with van der Waals surface area (Å²) in [5.74, 6) is 0. The van der Waals surface area contributed by atoms with E-state index in [1.807, 2.05) is 0 Å². The Balaban J connectivity index is 1.52. The van der Waals surface area contributed by atoms with Crippen molar-refractivity contribution >= 4 is 0 Å². The van der Waals surface area contributed by atoms with E-state index >= 15 is 0 Å². The van der Waals surface area contributed by atoms with Crippen molar-refractivity contribution < 1.29 is 4.74 Å². The number of rotatable bonds is 4. The van der Waals surface area contributed by atoms with Gasteiger partial charge in [-0.1, -0.05) is 0 Å². The SMILES string of the molecule is C1COC(CNCN2CCNCC2)C1. The fourth-order valence-corrected chi connectivity index (χ4v) is 2.06. The Labute approximate surface area is 86.0 Å². The predicted octanol–water partition coefficient (Wildman–Crippen LogP) is -0.382. The van der Waals surface area contributed by atoms with Gasteiger partial charge in [0.1, 0.15) is 0 Å². The molecule has 0 bridgehead atoms. The zero-order chi connectivity index (χ0) is 9.64. The second-order valence-electron chi connectivity index (χ2n) is 4.12. The third-order valence-corrected chi connectivity index (χ3v) is 2.94. The van der Waals surface area contributed by atoms with Crippen molar-refractivity contribution in [1.29, 1.82) is 0 Å². The van der Waals surface area contributed by atoms with Gasteiger partial charge in [0.15, 0.2) is 0 Å². The van der Waals surface area contributed by atoms with Crippen LogP contribution in [0.4, 0.5) is 0 Å². The van der Waals surface area contributed by atoms with Crippen LogP contribution < -0.4 is 10.6 Å². The highest BCUT2D eigenvalue weighted by atomic mass is 16.5. The molecule has 2 saturated heterocycles. The number of nitrogens with one attached hydrogen (secondary N) is 2. The van der Waals surface area contributed by atoms with Crippen molar-refractivity contribution in [2.24, 2.45) is 0 Å². The molecule has 1 atom stereocenters. The highest BCUT2D eigenvalue weighted by molar-refractivity contribution is 4.70. The summed E-state index contributed by atoms with van der Waals surface area (Å²) in [6, 6.07) is 0. The molecule has 0 saturated carbocycles. The van der Waals surface area contributed by atoms with Crippen molar-refractivity contribution in [1.82, 2.24) is 15.5 Å². The van der Waals surface area contributed by atoms with Crippen molar-refractivity contribution in [2.45, 2.75) is 18.9 Å². The maximum Gasteiger partial charge on any atom is 0.0700 e. The molecule has 0 aromatic carbocycles. The molecule has 2 N–H and O–H groups in total. The van der Waals surface area contributed by atoms with E-state index in [0.717, 1.165) is 32.9 Å². The van der Waals surface area contributed by atoms with Crippen LogP contribution in [-0.4, -0.2) is 57.0 Å². The first kappa shape index (κ1) is 10.4. The minimum Gasteiger partial charge on any atom is -0.377 e. The average Bonchev–Trinajstić information content (AvgIpc) is 2.72. The first-order valence-electron chi connectivity index (χ1n) is 5.70. The van der Waals surface area contributed by atoms with Gasteiger partial charge in [0.25, 0.3) is 0 Å². The van der Waals surface area contributed by atoms with Crippen LogP contribution in [0.2, 0.25) is 0 Å². The first-order chi connectivity index (χ1) is 6.95. The monoisotopic (exact) mass is 199 g/mol. The van der Waals surface area contributed by atoms with Gasteiger partial charge in [-0.15, -0.1) is 0 Å². The molecular formula is C10H21N3O. The maximum absolute atomic E-state index is 5.55. The van der Waals surface area contributed by atoms with Crippen molar-refractivity contribution in [3.63, 3.8) is 0 Å². The zero-order valence-electron chi connectivity index (χ0n) is 8.80. The molecule has 0 aliphatic carbocycles. The summed E-state index contributed by atoms with van der Waals surface area (Å²) >= 11 is 0. The third kappa shape index (κ3) is 3.20. The largest absolute Gasteiger partial charge is 0.377 e. The van der Waals surface area contributed by atoms with Gasteiger partial charge >= 0.3 is 0 Å². The van der Waals surface area contributed by atoms with Gasteiger partial charge < -0.3 is 15.4 Å². The van der Waals surface area contributed by atoms with Crippen LogP contribution in [0.1, 0.15) is 12.8 Å². The van der Waals surface area contributed by atoms with Gasteiger partial charge in [-0.3, -0.25) is 4.90 Å². The molecule has 4 nitrogen and oxygen atoms in total. The highest BCUT2D eigenvalue weighted by Crippen LogP contribution is 2.10. The second kappa shape index (κ2) is 5.66. The maximum atomic E-state index is 5.55. The Bertz CT molecular complexity index is 153. The summed E-state index contributed by atoms with van der Waals surface area (Å²) in [5, 5.41) is 6.82. The molecule has 0 amide bonds. The smallest absolute Gasteiger partial charge is 0.0700 e. The van der Waals surface area contributed by atoms with E-state index in [1.165, 1.54) is 25.9 Å². The fourth-order valence-electron chi connectivity index (χ4n) is 2.06. The topological polar surface area (TPSA) is 36.5 Å².